The molecule has 1 aliphatic rings. The highest BCUT2D eigenvalue weighted by Crippen LogP contribution is 2.25. The second kappa shape index (κ2) is 5.93. The topological polar surface area (TPSA) is 66.3 Å². The fourth-order valence-electron chi connectivity index (χ4n) is 2.45. The Morgan fingerprint density at radius 3 is 3.00 bits per heavy atom. The molecule has 2 heterocycles. The molecule has 1 aliphatic heterocycles. The number of aromatic nitrogens is 2. The van der Waals surface area contributed by atoms with Gasteiger partial charge in [-0.05, 0) is 45.5 Å². The summed E-state index contributed by atoms with van der Waals surface area (Å²) in [6.07, 6.45) is 4.82. The summed E-state index contributed by atoms with van der Waals surface area (Å²) >= 11 is 0. The Labute approximate surface area is 113 Å². The van der Waals surface area contributed by atoms with Crippen LogP contribution < -0.4 is 0 Å². The van der Waals surface area contributed by atoms with Gasteiger partial charge >= 0.3 is 5.97 Å². The number of likely N-dealkylation sites (N-methyl/N-ethyl adjacent to an activating group) is 1. The van der Waals surface area contributed by atoms with E-state index in [2.05, 4.69) is 21.9 Å². The van der Waals surface area contributed by atoms with Gasteiger partial charge in [0.05, 0.1) is 0 Å². The van der Waals surface area contributed by atoms with E-state index in [9.17, 15) is 4.79 Å². The van der Waals surface area contributed by atoms with Gasteiger partial charge in [-0.15, -0.1) is 0 Å². The van der Waals surface area contributed by atoms with E-state index in [4.69, 9.17) is 5.11 Å². The zero-order valence-electron chi connectivity index (χ0n) is 11.3. The van der Waals surface area contributed by atoms with Crippen LogP contribution in [0.4, 0.5) is 0 Å². The predicted octanol–water partition coefficient (Wildman–Crippen LogP) is 1.69. The molecule has 2 rings (SSSR count). The molecule has 1 saturated heterocycles. The van der Waals surface area contributed by atoms with E-state index in [0.29, 0.717) is 11.7 Å². The summed E-state index contributed by atoms with van der Waals surface area (Å²) in [5, 5.41) is 8.65. The van der Waals surface area contributed by atoms with Crippen molar-refractivity contribution < 1.29 is 9.90 Å². The van der Waals surface area contributed by atoms with Crippen molar-refractivity contribution in [2.45, 2.75) is 25.7 Å². The van der Waals surface area contributed by atoms with E-state index < -0.39 is 5.97 Å². The monoisotopic (exact) mass is 261 g/mol. The quantitative estimate of drug-likeness (QED) is 0.839. The first-order valence-corrected chi connectivity index (χ1v) is 6.50. The summed E-state index contributed by atoms with van der Waals surface area (Å²) in [6.45, 7) is 4.04. The minimum absolute atomic E-state index is 0.414. The van der Waals surface area contributed by atoms with E-state index in [1.54, 1.807) is 0 Å². The third kappa shape index (κ3) is 3.86. The highest BCUT2D eigenvalue weighted by Gasteiger charge is 2.20. The van der Waals surface area contributed by atoms with Crippen LogP contribution in [0.25, 0.3) is 6.08 Å². The lowest BCUT2D eigenvalue weighted by Crippen LogP contribution is -2.31. The fourth-order valence-corrected chi connectivity index (χ4v) is 2.45. The number of aryl methyl sites for hydroxylation is 1. The van der Waals surface area contributed by atoms with Crippen LogP contribution in [0.15, 0.2) is 12.1 Å². The first-order valence-electron chi connectivity index (χ1n) is 6.50. The Balaban J connectivity index is 2.23. The molecular weight excluding hydrogens is 242 g/mol. The van der Waals surface area contributed by atoms with Gasteiger partial charge in [-0.1, -0.05) is 0 Å². The van der Waals surface area contributed by atoms with Crippen LogP contribution in [0.2, 0.25) is 0 Å². The summed E-state index contributed by atoms with van der Waals surface area (Å²) in [5.74, 6) is -0.0906. The number of piperidine rings is 1. The molecule has 0 saturated carbocycles. The maximum Gasteiger partial charge on any atom is 0.328 e. The van der Waals surface area contributed by atoms with Crippen molar-refractivity contribution in [2.75, 3.05) is 20.1 Å². The van der Waals surface area contributed by atoms with Crippen LogP contribution in [0.3, 0.4) is 0 Å². The van der Waals surface area contributed by atoms with Crippen LogP contribution in [0, 0.1) is 6.92 Å². The summed E-state index contributed by atoms with van der Waals surface area (Å²) < 4.78 is 0. The van der Waals surface area contributed by atoms with Crippen molar-refractivity contribution >= 4 is 12.0 Å². The zero-order valence-corrected chi connectivity index (χ0v) is 11.3. The highest BCUT2D eigenvalue weighted by atomic mass is 16.4. The first-order chi connectivity index (χ1) is 9.04. The normalized spacial score (nSPS) is 20.8. The van der Waals surface area contributed by atoms with Gasteiger partial charge in [0.2, 0.25) is 0 Å². The molecule has 1 aromatic heterocycles. The molecule has 0 bridgehead atoms. The zero-order chi connectivity index (χ0) is 13.8. The fraction of sp³-hybridized carbons (Fsp3) is 0.500. The van der Waals surface area contributed by atoms with Gasteiger partial charge in [0.15, 0.2) is 5.82 Å². The van der Waals surface area contributed by atoms with Crippen molar-refractivity contribution in [2.24, 2.45) is 0 Å². The average Bonchev–Trinajstić information content (AvgIpc) is 2.36. The minimum atomic E-state index is -0.982. The van der Waals surface area contributed by atoms with Gasteiger partial charge in [0.1, 0.15) is 0 Å². The standard InChI is InChI=1S/C14H19N3O2/c1-10-8-12(11-4-3-7-17(2)9-11)16-13(15-10)5-6-14(18)19/h5-6,8,11H,3-4,7,9H2,1-2H3,(H,18,19)/b6-5+. The van der Waals surface area contributed by atoms with E-state index in [1.807, 2.05) is 13.0 Å². The number of rotatable bonds is 3. The smallest absolute Gasteiger partial charge is 0.328 e. The maximum absolute atomic E-state index is 10.5. The number of carboxylic acid groups (broad SMARTS) is 1. The number of carbonyl (C=O) groups is 1. The van der Waals surface area contributed by atoms with Crippen LogP contribution in [-0.2, 0) is 4.79 Å². The summed E-state index contributed by atoms with van der Waals surface area (Å²) in [4.78, 5) is 21.6. The van der Waals surface area contributed by atoms with Crippen molar-refractivity contribution in [3.05, 3.63) is 29.4 Å². The predicted molar refractivity (Wildman–Crippen MR) is 72.9 cm³/mol. The molecule has 1 atom stereocenters. The van der Waals surface area contributed by atoms with E-state index in [1.165, 1.54) is 12.5 Å². The molecular formula is C14H19N3O2. The van der Waals surface area contributed by atoms with E-state index in [-0.39, 0.29) is 0 Å². The van der Waals surface area contributed by atoms with Crippen molar-refractivity contribution in [3.63, 3.8) is 0 Å². The van der Waals surface area contributed by atoms with Gasteiger partial charge in [0, 0.05) is 29.9 Å². The SMILES string of the molecule is Cc1cc(C2CCCN(C)C2)nc(/C=C/C(=O)O)n1. The van der Waals surface area contributed by atoms with Crippen molar-refractivity contribution in [1.82, 2.24) is 14.9 Å². The van der Waals surface area contributed by atoms with Crippen LogP contribution in [-0.4, -0.2) is 46.1 Å². The summed E-state index contributed by atoms with van der Waals surface area (Å²) in [6, 6.07) is 2.00. The second-order valence-corrected chi connectivity index (χ2v) is 5.07. The van der Waals surface area contributed by atoms with Crippen LogP contribution >= 0.6 is 0 Å². The Morgan fingerprint density at radius 1 is 1.53 bits per heavy atom. The molecule has 102 valence electrons. The first kappa shape index (κ1) is 13.7. The largest absolute Gasteiger partial charge is 0.478 e. The molecule has 19 heavy (non-hydrogen) atoms. The molecule has 0 radical (unpaired) electrons. The van der Waals surface area contributed by atoms with E-state index in [0.717, 1.165) is 37.0 Å². The molecule has 1 unspecified atom stereocenters. The molecule has 1 N–H and O–H groups in total. The molecule has 5 nitrogen and oxygen atoms in total. The molecule has 1 aromatic rings. The highest BCUT2D eigenvalue weighted by molar-refractivity contribution is 5.84. The molecule has 1 fully saturated rings. The molecule has 0 spiro atoms. The number of hydrogen-bond acceptors (Lipinski definition) is 4. The second-order valence-electron chi connectivity index (χ2n) is 5.07. The Hall–Kier alpha value is -1.75. The lowest BCUT2D eigenvalue weighted by atomic mass is 9.94. The maximum atomic E-state index is 10.5. The van der Waals surface area contributed by atoms with Crippen LogP contribution in [0.5, 0.6) is 0 Å². The third-order valence-corrected chi connectivity index (χ3v) is 3.31. The number of likely N-dealkylation sites (tertiary alicyclic amines) is 1. The molecule has 5 heteroatoms. The lowest BCUT2D eigenvalue weighted by molar-refractivity contribution is -0.131. The number of nitrogens with zero attached hydrogens (tertiary/aromatic N) is 3. The van der Waals surface area contributed by atoms with E-state index >= 15 is 0 Å². The average molecular weight is 261 g/mol. The van der Waals surface area contributed by atoms with Crippen LogP contribution in [0.1, 0.15) is 36.0 Å². The van der Waals surface area contributed by atoms with Gasteiger partial charge in [-0.2, -0.15) is 0 Å². The Kier molecular flexibility index (Phi) is 4.27. The number of aliphatic carboxylic acids is 1. The van der Waals surface area contributed by atoms with Gasteiger partial charge in [-0.3, -0.25) is 0 Å². The van der Waals surface area contributed by atoms with Crippen molar-refractivity contribution in [1.29, 1.82) is 0 Å². The van der Waals surface area contributed by atoms with Gasteiger partial charge in [0.25, 0.3) is 0 Å². The number of hydrogen-bond donors (Lipinski definition) is 1. The minimum Gasteiger partial charge on any atom is -0.478 e. The van der Waals surface area contributed by atoms with Gasteiger partial charge < -0.3 is 10.0 Å². The lowest BCUT2D eigenvalue weighted by Gasteiger charge is -2.29. The number of carboxylic acids is 1. The Morgan fingerprint density at radius 2 is 2.32 bits per heavy atom. The van der Waals surface area contributed by atoms with Crippen molar-refractivity contribution in [3.8, 4) is 0 Å². The molecule has 0 aromatic carbocycles. The summed E-state index contributed by atoms with van der Waals surface area (Å²) in [5.41, 5.74) is 1.90. The third-order valence-electron chi connectivity index (χ3n) is 3.31. The molecule has 0 aliphatic carbocycles. The summed E-state index contributed by atoms with van der Waals surface area (Å²) in [7, 11) is 2.12. The Bertz CT molecular complexity index is 499. The van der Waals surface area contributed by atoms with Gasteiger partial charge in [-0.25, -0.2) is 14.8 Å². The molecule has 0 amide bonds.